The molecule has 0 aromatic carbocycles. The van der Waals surface area contributed by atoms with Crippen LogP contribution in [0.3, 0.4) is 0 Å². The van der Waals surface area contributed by atoms with Crippen LogP contribution in [0, 0.1) is 5.92 Å². The van der Waals surface area contributed by atoms with Crippen LogP contribution < -0.4 is 0 Å². The summed E-state index contributed by atoms with van der Waals surface area (Å²) in [5.41, 5.74) is -0.590. The number of carboxylic acid groups (broad SMARTS) is 1. The van der Waals surface area contributed by atoms with Crippen molar-refractivity contribution in [2.24, 2.45) is 5.92 Å². The molecule has 1 heterocycles. The van der Waals surface area contributed by atoms with Gasteiger partial charge in [0.05, 0.1) is 0 Å². The molecule has 0 radical (unpaired) electrons. The first-order chi connectivity index (χ1) is 8.79. The van der Waals surface area contributed by atoms with E-state index in [0.717, 1.165) is 25.7 Å². The quantitative estimate of drug-likeness (QED) is 0.794. The SMILES string of the molecule is CC(C)(C)OC(=O)N1C(C(=O)O)C[C@@H]2CCCC[C@@H]21. The fraction of sp³-hybridized carbons (Fsp3) is 0.857. The third-order valence-corrected chi connectivity index (χ3v) is 3.98. The highest BCUT2D eigenvalue weighted by molar-refractivity contribution is 5.81. The largest absolute Gasteiger partial charge is 0.480 e. The fourth-order valence-electron chi connectivity index (χ4n) is 3.26. The molecule has 19 heavy (non-hydrogen) atoms. The summed E-state index contributed by atoms with van der Waals surface area (Å²) in [6.07, 6.45) is 4.21. The standard InChI is InChI=1S/C14H23NO4/c1-14(2,3)19-13(18)15-10-7-5-4-6-9(10)8-11(15)12(16)17/h9-11H,4-8H2,1-3H3,(H,16,17)/t9-,10-,11?/m0/s1. The Balaban J connectivity index is 2.17. The van der Waals surface area contributed by atoms with E-state index in [1.807, 2.05) is 0 Å². The Hall–Kier alpha value is -1.26. The number of likely N-dealkylation sites (tertiary alicyclic amines) is 1. The number of ether oxygens (including phenoxy) is 1. The molecule has 0 aromatic heterocycles. The lowest BCUT2D eigenvalue weighted by atomic mass is 9.85. The molecule has 108 valence electrons. The second-order valence-corrected chi connectivity index (χ2v) is 6.59. The fourth-order valence-corrected chi connectivity index (χ4v) is 3.26. The van der Waals surface area contributed by atoms with Crippen molar-refractivity contribution in [2.45, 2.75) is 70.6 Å². The first-order valence-corrected chi connectivity index (χ1v) is 7.04. The zero-order valence-corrected chi connectivity index (χ0v) is 11.9. The Bertz CT molecular complexity index is 374. The molecule has 5 heteroatoms. The number of aliphatic carboxylic acids is 1. The predicted octanol–water partition coefficient (Wildman–Crippen LogP) is 2.64. The summed E-state index contributed by atoms with van der Waals surface area (Å²) in [6.45, 7) is 5.40. The smallest absolute Gasteiger partial charge is 0.411 e. The topological polar surface area (TPSA) is 66.8 Å². The molecule has 5 nitrogen and oxygen atoms in total. The van der Waals surface area contributed by atoms with Crippen LogP contribution in [0.2, 0.25) is 0 Å². The van der Waals surface area contributed by atoms with Gasteiger partial charge >= 0.3 is 12.1 Å². The Morgan fingerprint density at radius 1 is 1.21 bits per heavy atom. The summed E-state index contributed by atoms with van der Waals surface area (Å²) >= 11 is 0. The zero-order valence-electron chi connectivity index (χ0n) is 11.9. The minimum Gasteiger partial charge on any atom is -0.480 e. The van der Waals surface area contributed by atoms with Crippen molar-refractivity contribution >= 4 is 12.1 Å². The van der Waals surface area contributed by atoms with E-state index < -0.39 is 23.7 Å². The molecule has 1 saturated carbocycles. The molecular formula is C14H23NO4. The number of nitrogens with zero attached hydrogens (tertiary/aromatic N) is 1. The van der Waals surface area contributed by atoms with E-state index in [4.69, 9.17) is 4.74 Å². The minimum atomic E-state index is -0.916. The van der Waals surface area contributed by atoms with Gasteiger partial charge in [0, 0.05) is 6.04 Å². The van der Waals surface area contributed by atoms with Gasteiger partial charge in [0.15, 0.2) is 0 Å². The summed E-state index contributed by atoms with van der Waals surface area (Å²) in [6, 6.07) is -0.673. The molecule has 1 saturated heterocycles. The Kier molecular flexibility index (Phi) is 3.74. The Morgan fingerprint density at radius 3 is 2.42 bits per heavy atom. The molecule has 0 bridgehead atoms. The van der Waals surface area contributed by atoms with Gasteiger partial charge < -0.3 is 9.84 Å². The van der Waals surface area contributed by atoms with Crippen LogP contribution in [0.5, 0.6) is 0 Å². The maximum atomic E-state index is 12.3. The summed E-state index contributed by atoms with van der Waals surface area (Å²) < 4.78 is 5.37. The molecule has 3 atom stereocenters. The molecule has 1 aliphatic carbocycles. The van der Waals surface area contributed by atoms with E-state index >= 15 is 0 Å². The summed E-state index contributed by atoms with van der Waals surface area (Å²) in [4.78, 5) is 25.1. The van der Waals surface area contributed by atoms with E-state index in [9.17, 15) is 14.7 Å². The van der Waals surface area contributed by atoms with Crippen LogP contribution in [0.25, 0.3) is 0 Å². The van der Waals surface area contributed by atoms with Crippen molar-refractivity contribution < 1.29 is 19.4 Å². The number of carbonyl (C=O) groups is 2. The second kappa shape index (κ2) is 5.02. The molecule has 0 spiro atoms. The van der Waals surface area contributed by atoms with Gasteiger partial charge in [-0.05, 0) is 46.0 Å². The van der Waals surface area contributed by atoms with Crippen molar-refractivity contribution in [1.29, 1.82) is 0 Å². The molecule has 1 unspecified atom stereocenters. The number of hydrogen-bond acceptors (Lipinski definition) is 3. The number of rotatable bonds is 1. The average Bonchev–Trinajstić information content (AvgIpc) is 2.65. The third kappa shape index (κ3) is 3.01. The van der Waals surface area contributed by atoms with Gasteiger partial charge in [-0.25, -0.2) is 9.59 Å². The number of carbonyl (C=O) groups excluding carboxylic acids is 1. The van der Waals surface area contributed by atoms with Crippen LogP contribution in [-0.2, 0) is 9.53 Å². The predicted molar refractivity (Wildman–Crippen MR) is 69.9 cm³/mol. The number of carboxylic acids is 1. The van der Waals surface area contributed by atoms with E-state index in [2.05, 4.69) is 0 Å². The second-order valence-electron chi connectivity index (χ2n) is 6.59. The first-order valence-electron chi connectivity index (χ1n) is 7.04. The highest BCUT2D eigenvalue weighted by Crippen LogP contribution is 2.40. The van der Waals surface area contributed by atoms with Crippen molar-refractivity contribution in [3.63, 3.8) is 0 Å². The first kappa shape index (κ1) is 14.2. The maximum Gasteiger partial charge on any atom is 0.411 e. The van der Waals surface area contributed by atoms with Crippen molar-refractivity contribution in [1.82, 2.24) is 4.90 Å². The van der Waals surface area contributed by atoms with Gasteiger partial charge in [-0.15, -0.1) is 0 Å². The van der Waals surface area contributed by atoms with Gasteiger partial charge in [-0.1, -0.05) is 12.8 Å². The van der Waals surface area contributed by atoms with Gasteiger partial charge in [0.1, 0.15) is 11.6 Å². The van der Waals surface area contributed by atoms with E-state index in [0.29, 0.717) is 12.3 Å². The van der Waals surface area contributed by atoms with Crippen LogP contribution in [-0.4, -0.2) is 39.8 Å². The molecule has 1 N–H and O–H groups in total. The normalized spacial score (nSPS) is 30.9. The molecular weight excluding hydrogens is 246 g/mol. The molecule has 1 aliphatic heterocycles. The highest BCUT2D eigenvalue weighted by atomic mass is 16.6. The zero-order chi connectivity index (χ0) is 14.2. The van der Waals surface area contributed by atoms with E-state index in [1.165, 1.54) is 4.90 Å². The molecule has 0 aromatic rings. The van der Waals surface area contributed by atoms with Crippen LogP contribution in [0.1, 0.15) is 52.9 Å². The van der Waals surface area contributed by atoms with Crippen LogP contribution in [0.4, 0.5) is 4.79 Å². The van der Waals surface area contributed by atoms with Crippen LogP contribution >= 0.6 is 0 Å². The lowest BCUT2D eigenvalue weighted by molar-refractivity contribution is -0.142. The van der Waals surface area contributed by atoms with Gasteiger partial charge in [0.25, 0.3) is 0 Å². The lowest BCUT2D eigenvalue weighted by Gasteiger charge is -2.34. The maximum absolute atomic E-state index is 12.3. The molecule has 2 aliphatic rings. The van der Waals surface area contributed by atoms with Crippen LogP contribution in [0.15, 0.2) is 0 Å². The van der Waals surface area contributed by atoms with Crippen molar-refractivity contribution in [2.75, 3.05) is 0 Å². The van der Waals surface area contributed by atoms with Gasteiger partial charge in [0.2, 0.25) is 0 Å². The van der Waals surface area contributed by atoms with E-state index in [1.54, 1.807) is 20.8 Å². The molecule has 2 rings (SSSR count). The summed E-state index contributed by atoms with van der Waals surface area (Å²) in [5, 5.41) is 9.33. The molecule has 2 fully saturated rings. The summed E-state index contributed by atoms with van der Waals surface area (Å²) in [5.74, 6) is -0.595. The Morgan fingerprint density at radius 2 is 1.84 bits per heavy atom. The van der Waals surface area contributed by atoms with Gasteiger partial charge in [-0.2, -0.15) is 0 Å². The lowest BCUT2D eigenvalue weighted by Crippen LogP contribution is -2.48. The monoisotopic (exact) mass is 269 g/mol. The third-order valence-electron chi connectivity index (χ3n) is 3.98. The Labute approximate surface area is 113 Å². The van der Waals surface area contributed by atoms with Crippen molar-refractivity contribution in [3.05, 3.63) is 0 Å². The number of fused-ring (bicyclic) bond motifs is 1. The van der Waals surface area contributed by atoms with Crippen molar-refractivity contribution in [3.8, 4) is 0 Å². The number of hydrogen-bond donors (Lipinski definition) is 1. The molecule has 1 amide bonds. The summed E-state index contributed by atoms with van der Waals surface area (Å²) in [7, 11) is 0. The average molecular weight is 269 g/mol. The van der Waals surface area contributed by atoms with E-state index in [-0.39, 0.29) is 6.04 Å². The minimum absolute atomic E-state index is 0.0460. The number of amides is 1. The van der Waals surface area contributed by atoms with Gasteiger partial charge in [-0.3, -0.25) is 4.90 Å². The highest BCUT2D eigenvalue weighted by Gasteiger charge is 2.48.